The van der Waals surface area contributed by atoms with E-state index >= 15 is 0 Å². The van der Waals surface area contributed by atoms with Crippen LogP contribution in [0.15, 0.2) is 77.6 Å². The van der Waals surface area contributed by atoms with E-state index in [1.165, 1.54) is 0 Å². The molecule has 0 fully saturated rings. The Hall–Kier alpha value is -3.38. The Morgan fingerprint density at radius 2 is 1.90 bits per heavy atom. The van der Waals surface area contributed by atoms with E-state index in [0.29, 0.717) is 23.1 Å². The molecule has 0 bridgehead atoms. The number of nitrogens with one attached hydrogen (secondary N) is 1. The van der Waals surface area contributed by atoms with E-state index in [4.69, 9.17) is 16.0 Å². The van der Waals surface area contributed by atoms with Crippen LogP contribution in [0.3, 0.4) is 0 Å². The number of hydrogen-bond donors (Lipinski definition) is 1. The fourth-order valence-corrected chi connectivity index (χ4v) is 3.35. The van der Waals surface area contributed by atoms with Gasteiger partial charge >= 0.3 is 0 Å². The molecule has 2 aromatic heterocycles. The van der Waals surface area contributed by atoms with Crippen LogP contribution in [0.4, 0.5) is 0 Å². The van der Waals surface area contributed by atoms with Crippen molar-refractivity contribution in [1.82, 2.24) is 19.9 Å². The molecule has 0 saturated carbocycles. The Morgan fingerprint density at radius 3 is 2.60 bits per heavy atom. The van der Waals surface area contributed by atoms with Crippen molar-refractivity contribution in [3.63, 3.8) is 0 Å². The van der Waals surface area contributed by atoms with Gasteiger partial charge in [-0.25, -0.2) is 9.97 Å². The van der Waals surface area contributed by atoms with Crippen LogP contribution in [0, 0.1) is 0 Å². The lowest BCUT2D eigenvalue weighted by Gasteiger charge is -2.19. The fraction of sp³-hybridized carbons (Fsp3) is 0.174. The number of oxazole rings is 1. The zero-order valence-electron chi connectivity index (χ0n) is 16.5. The van der Waals surface area contributed by atoms with Crippen molar-refractivity contribution >= 4 is 17.5 Å². The van der Waals surface area contributed by atoms with Crippen molar-refractivity contribution < 1.29 is 9.21 Å². The largest absolute Gasteiger partial charge is 0.441 e. The van der Waals surface area contributed by atoms with Crippen molar-refractivity contribution in [1.29, 1.82) is 0 Å². The second-order valence-corrected chi connectivity index (χ2v) is 7.37. The predicted molar refractivity (Wildman–Crippen MR) is 115 cm³/mol. The van der Waals surface area contributed by atoms with Gasteiger partial charge in [-0.15, -0.1) is 0 Å². The van der Waals surface area contributed by atoms with Gasteiger partial charge in [0.15, 0.2) is 11.7 Å². The lowest BCUT2D eigenvalue weighted by atomic mass is 10.1. The number of hydrogen-bond acceptors (Lipinski definition) is 4. The number of carbonyl (C=O) groups excluding carboxylic acids is 1. The molecule has 7 heteroatoms. The molecule has 2 heterocycles. The van der Waals surface area contributed by atoms with Crippen LogP contribution in [0.1, 0.15) is 29.7 Å². The maximum Gasteiger partial charge on any atom is 0.221 e. The second-order valence-electron chi connectivity index (χ2n) is 6.93. The molecule has 0 spiro atoms. The minimum absolute atomic E-state index is 0.114. The van der Waals surface area contributed by atoms with Gasteiger partial charge in [-0.05, 0) is 17.7 Å². The van der Waals surface area contributed by atoms with Gasteiger partial charge in [-0.1, -0.05) is 54.1 Å². The number of imidazole rings is 1. The third kappa shape index (κ3) is 4.60. The number of amides is 1. The molecule has 0 aliphatic rings. The summed E-state index contributed by atoms with van der Waals surface area (Å²) in [5, 5.41) is 3.71. The summed E-state index contributed by atoms with van der Waals surface area (Å²) in [4.78, 5) is 21.4. The van der Waals surface area contributed by atoms with Gasteiger partial charge in [0.05, 0.1) is 6.20 Å². The van der Waals surface area contributed by atoms with Crippen LogP contribution in [0.2, 0.25) is 5.02 Å². The number of rotatable bonds is 7. The maximum absolute atomic E-state index is 12.7. The molecule has 0 saturated heterocycles. The topological polar surface area (TPSA) is 73.0 Å². The van der Waals surface area contributed by atoms with Crippen molar-refractivity contribution in [2.24, 2.45) is 7.05 Å². The SMILES string of the molecule is Cn1ccnc1[C@H](NC(=O)CCc1ncc(-c2ccccc2)o1)c1ccc(Cl)cc1. The minimum atomic E-state index is -0.376. The molecule has 2 aromatic carbocycles. The van der Waals surface area contributed by atoms with Gasteiger partial charge in [0.25, 0.3) is 0 Å². The van der Waals surface area contributed by atoms with Crippen LogP contribution in [-0.2, 0) is 18.3 Å². The summed E-state index contributed by atoms with van der Waals surface area (Å²) in [7, 11) is 1.90. The zero-order valence-corrected chi connectivity index (χ0v) is 17.2. The highest BCUT2D eigenvalue weighted by Crippen LogP contribution is 2.23. The number of aromatic nitrogens is 3. The maximum atomic E-state index is 12.7. The normalized spacial score (nSPS) is 11.9. The Balaban J connectivity index is 1.44. The van der Waals surface area contributed by atoms with Crippen LogP contribution < -0.4 is 5.32 Å². The lowest BCUT2D eigenvalue weighted by molar-refractivity contribution is -0.121. The first kappa shape index (κ1) is 19.9. The molecule has 6 nitrogen and oxygen atoms in total. The van der Waals surface area contributed by atoms with Gasteiger partial charge in [0.1, 0.15) is 11.9 Å². The molecule has 4 aromatic rings. The fourth-order valence-electron chi connectivity index (χ4n) is 3.22. The van der Waals surface area contributed by atoms with Gasteiger partial charge in [0.2, 0.25) is 5.91 Å². The number of aryl methyl sites for hydroxylation is 2. The van der Waals surface area contributed by atoms with Gasteiger partial charge in [-0.2, -0.15) is 0 Å². The summed E-state index contributed by atoms with van der Waals surface area (Å²) < 4.78 is 7.68. The summed E-state index contributed by atoms with van der Waals surface area (Å²) in [5.41, 5.74) is 1.86. The highest BCUT2D eigenvalue weighted by molar-refractivity contribution is 6.30. The molecule has 0 aliphatic heterocycles. The highest BCUT2D eigenvalue weighted by Gasteiger charge is 2.21. The van der Waals surface area contributed by atoms with Crippen LogP contribution in [0.5, 0.6) is 0 Å². The number of benzene rings is 2. The average Bonchev–Trinajstić information content (AvgIpc) is 3.41. The Bertz CT molecular complexity index is 1120. The molecular formula is C23H21ClN4O2. The van der Waals surface area contributed by atoms with Crippen molar-refractivity contribution in [3.05, 3.63) is 95.5 Å². The summed E-state index contributed by atoms with van der Waals surface area (Å²) in [6, 6.07) is 16.8. The molecule has 30 heavy (non-hydrogen) atoms. The summed E-state index contributed by atoms with van der Waals surface area (Å²) in [5.74, 6) is 1.85. The third-order valence-corrected chi connectivity index (χ3v) is 5.06. The monoisotopic (exact) mass is 420 g/mol. The van der Waals surface area contributed by atoms with E-state index in [0.717, 1.165) is 17.0 Å². The Kier molecular flexibility index (Phi) is 5.95. The summed E-state index contributed by atoms with van der Waals surface area (Å²) in [6.45, 7) is 0. The van der Waals surface area contributed by atoms with E-state index in [1.54, 1.807) is 24.5 Å². The Morgan fingerprint density at radius 1 is 1.13 bits per heavy atom. The average molecular weight is 421 g/mol. The second kappa shape index (κ2) is 8.97. The van der Waals surface area contributed by atoms with Gasteiger partial charge in [0, 0.05) is 42.9 Å². The van der Waals surface area contributed by atoms with E-state index in [1.807, 2.05) is 60.3 Å². The summed E-state index contributed by atoms with van der Waals surface area (Å²) >= 11 is 6.02. The molecule has 0 aliphatic carbocycles. The van der Waals surface area contributed by atoms with E-state index in [2.05, 4.69) is 15.3 Å². The molecule has 4 rings (SSSR count). The molecule has 152 valence electrons. The van der Waals surface area contributed by atoms with Crippen LogP contribution in [0.25, 0.3) is 11.3 Å². The number of halogens is 1. The first-order chi connectivity index (χ1) is 14.6. The van der Waals surface area contributed by atoms with Crippen molar-refractivity contribution in [2.75, 3.05) is 0 Å². The molecule has 0 unspecified atom stereocenters. The van der Waals surface area contributed by atoms with Crippen LogP contribution in [-0.4, -0.2) is 20.4 Å². The van der Waals surface area contributed by atoms with Crippen molar-refractivity contribution in [3.8, 4) is 11.3 Å². The minimum Gasteiger partial charge on any atom is -0.441 e. The zero-order chi connectivity index (χ0) is 20.9. The molecule has 1 atom stereocenters. The highest BCUT2D eigenvalue weighted by atomic mass is 35.5. The number of nitrogens with zero attached hydrogens (tertiary/aromatic N) is 3. The first-order valence-electron chi connectivity index (χ1n) is 9.62. The quantitative estimate of drug-likeness (QED) is 0.475. The van der Waals surface area contributed by atoms with E-state index in [-0.39, 0.29) is 18.4 Å². The summed E-state index contributed by atoms with van der Waals surface area (Å²) in [6.07, 6.45) is 5.91. The third-order valence-electron chi connectivity index (χ3n) is 4.80. The van der Waals surface area contributed by atoms with Gasteiger partial charge in [-0.3, -0.25) is 4.79 Å². The Labute approximate surface area is 179 Å². The number of carbonyl (C=O) groups is 1. The molecule has 0 radical (unpaired) electrons. The first-order valence-corrected chi connectivity index (χ1v) is 10.00. The molecule has 1 N–H and O–H groups in total. The standard InChI is InChI=1S/C23H21ClN4O2/c1-28-14-13-25-23(28)22(17-7-9-18(24)10-8-17)27-20(29)11-12-21-26-15-19(30-21)16-5-3-2-4-6-16/h2-10,13-15,22H,11-12H2,1H3,(H,27,29)/t22-/m1/s1. The van der Waals surface area contributed by atoms with Crippen LogP contribution >= 0.6 is 11.6 Å². The lowest BCUT2D eigenvalue weighted by Crippen LogP contribution is -2.31. The molecule has 1 amide bonds. The van der Waals surface area contributed by atoms with E-state index < -0.39 is 0 Å². The van der Waals surface area contributed by atoms with Gasteiger partial charge < -0.3 is 14.3 Å². The molecular weight excluding hydrogens is 400 g/mol. The predicted octanol–water partition coefficient (Wildman–Crippen LogP) is 4.57. The van der Waals surface area contributed by atoms with Crippen molar-refractivity contribution in [2.45, 2.75) is 18.9 Å². The van der Waals surface area contributed by atoms with E-state index in [9.17, 15) is 4.79 Å². The smallest absolute Gasteiger partial charge is 0.221 e.